The third-order valence-corrected chi connectivity index (χ3v) is 2.06. The molecule has 0 aromatic carbocycles. The molecule has 0 fully saturated rings. The Bertz CT molecular complexity index is 532. The summed E-state index contributed by atoms with van der Waals surface area (Å²) < 4.78 is 82.8. The summed E-state index contributed by atoms with van der Waals surface area (Å²) in [6.45, 7) is 0. The van der Waals surface area contributed by atoms with Crippen LogP contribution in [0.4, 0.5) is 26.3 Å². The largest absolute Gasteiger partial charge is 0.573 e. The van der Waals surface area contributed by atoms with Gasteiger partial charge in [-0.3, -0.25) is 0 Å². The van der Waals surface area contributed by atoms with Crippen LogP contribution < -0.4 is 9.47 Å². The Morgan fingerprint density at radius 3 is 2.25 bits per heavy atom. The minimum Gasteiger partial charge on any atom is -0.481 e. The lowest BCUT2D eigenvalue weighted by Gasteiger charge is -2.18. The molecule has 10 heteroatoms. The zero-order chi connectivity index (χ0) is 15.6. The second-order valence-corrected chi connectivity index (χ2v) is 3.37. The molecule has 4 nitrogen and oxygen atoms in total. The summed E-state index contributed by atoms with van der Waals surface area (Å²) in [5.74, 6) is -2.12. The lowest BCUT2D eigenvalue weighted by atomic mass is 10.1. The average molecular weight is 300 g/mol. The van der Waals surface area contributed by atoms with Crippen LogP contribution in [-0.4, -0.2) is 18.5 Å². The molecule has 0 saturated carbocycles. The number of nitriles is 1. The Morgan fingerprint density at radius 1 is 1.25 bits per heavy atom. The lowest BCUT2D eigenvalue weighted by Crippen LogP contribution is -2.22. The van der Waals surface area contributed by atoms with Gasteiger partial charge in [-0.25, -0.2) is 4.98 Å². The van der Waals surface area contributed by atoms with E-state index < -0.39 is 41.7 Å². The molecule has 0 N–H and O–H groups in total. The number of ether oxygens (including phenoxy) is 2. The van der Waals surface area contributed by atoms with Gasteiger partial charge in [-0.1, -0.05) is 0 Å². The van der Waals surface area contributed by atoms with Crippen molar-refractivity contribution in [3.05, 3.63) is 17.3 Å². The van der Waals surface area contributed by atoms with E-state index >= 15 is 0 Å². The Labute approximate surface area is 108 Å². The maximum atomic E-state index is 12.9. The predicted octanol–water partition coefficient (Wildman–Crippen LogP) is 3.07. The molecule has 110 valence electrons. The van der Waals surface area contributed by atoms with Gasteiger partial charge in [0, 0.05) is 5.56 Å². The molecule has 0 atom stereocenters. The van der Waals surface area contributed by atoms with Gasteiger partial charge in [-0.05, 0) is 0 Å². The fourth-order valence-electron chi connectivity index (χ4n) is 1.45. The van der Waals surface area contributed by atoms with Crippen molar-refractivity contribution in [3.8, 4) is 17.7 Å². The highest BCUT2D eigenvalue weighted by atomic mass is 19.4. The normalized spacial score (nSPS) is 11.9. The van der Waals surface area contributed by atoms with E-state index in [2.05, 4.69) is 14.5 Å². The predicted molar refractivity (Wildman–Crippen MR) is 51.8 cm³/mol. The van der Waals surface area contributed by atoms with Gasteiger partial charge in [-0.2, -0.15) is 18.4 Å². The SMILES string of the molecule is COc1ncc(OC(F)(F)F)c(C(F)(F)F)c1CC#N. The van der Waals surface area contributed by atoms with Crippen molar-refractivity contribution in [3.63, 3.8) is 0 Å². The van der Waals surface area contributed by atoms with E-state index in [1.165, 1.54) is 6.07 Å². The standard InChI is InChI=1S/C10H6F6N2O2/c1-19-8-5(2-3-17)7(9(11,12)13)6(4-18-8)20-10(14,15)16/h4H,2H2,1H3. The first-order chi connectivity index (χ1) is 9.10. The number of alkyl halides is 6. The van der Waals surface area contributed by atoms with Crippen LogP contribution in [0.15, 0.2) is 6.20 Å². The number of halogens is 6. The van der Waals surface area contributed by atoms with E-state index in [1.54, 1.807) is 0 Å². The van der Waals surface area contributed by atoms with Crippen molar-refractivity contribution < 1.29 is 35.8 Å². The van der Waals surface area contributed by atoms with Crippen molar-refractivity contribution in [1.82, 2.24) is 4.98 Å². The highest BCUT2D eigenvalue weighted by molar-refractivity contribution is 5.47. The number of aromatic nitrogens is 1. The highest BCUT2D eigenvalue weighted by Gasteiger charge is 2.42. The molecule has 0 spiro atoms. The fourth-order valence-corrected chi connectivity index (χ4v) is 1.45. The summed E-state index contributed by atoms with van der Waals surface area (Å²) in [7, 11) is 0.980. The van der Waals surface area contributed by atoms with Gasteiger partial charge in [0.2, 0.25) is 5.88 Å². The van der Waals surface area contributed by atoms with Crippen LogP contribution in [0.3, 0.4) is 0 Å². The van der Waals surface area contributed by atoms with Crippen LogP contribution in [0.2, 0.25) is 0 Å². The molecule has 20 heavy (non-hydrogen) atoms. The molecule has 0 aliphatic rings. The number of hydrogen-bond acceptors (Lipinski definition) is 4. The van der Waals surface area contributed by atoms with Crippen LogP contribution in [-0.2, 0) is 12.6 Å². The number of nitrogens with zero attached hydrogens (tertiary/aromatic N) is 2. The van der Waals surface area contributed by atoms with Gasteiger partial charge < -0.3 is 9.47 Å². The zero-order valence-electron chi connectivity index (χ0n) is 9.76. The summed E-state index contributed by atoms with van der Waals surface area (Å²) in [6, 6.07) is 1.40. The van der Waals surface area contributed by atoms with Crippen LogP contribution in [0.5, 0.6) is 11.6 Å². The van der Waals surface area contributed by atoms with E-state index in [0.717, 1.165) is 7.11 Å². The Hall–Kier alpha value is -2.18. The molecule has 1 heterocycles. The van der Waals surface area contributed by atoms with E-state index in [-0.39, 0.29) is 6.20 Å². The molecule has 0 aliphatic carbocycles. The molecule has 0 bridgehead atoms. The maximum absolute atomic E-state index is 12.9. The van der Waals surface area contributed by atoms with Gasteiger partial charge >= 0.3 is 12.5 Å². The minimum absolute atomic E-state index is 0.246. The zero-order valence-corrected chi connectivity index (χ0v) is 9.76. The Kier molecular flexibility index (Phi) is 4.32. The quantitative estimate of drug-likeness (QED) is 0.805. The van der Waals surface area contributed by atoms with Crippen molar-refractivity contribution in [2.24, 2.45) is 0 Å². The van der Waals surface area contributed by atoms with Gasteiger partial charge in [0.15, 0.2) is 5.75 Å². The molecular formula is C10H6F6N2O2. The monoisotopic (exact) mass is 300 g/mol. The number of hydrogen-bond donors (Lipinski definition) is 0. The van der Waals surface area contributed by atoms with Gasteiger partial charge in [0.25, 0.3) is 0 Å². The third kappa shape index (κ3) is 3.66. The van der Waals surface area contributed by atoms with Gasteiger partial charge in [0.1, 0.15) is 5.56 Å². The molecule has 1 rings (SSSR count). The topological polar surface area (TPSA) is 55.1 Å². The van der Waals surface area contributed by atoms with Gasteiger partial charge in [0.05, 0.1) is 25.8 Å². The van der Waals surface area contributed by atoms with Gasteiger partial charge in [-0.15, -0.1) is 13.2 Å². The molecule has 0 saturated heterocycles. The molecular weight excluding hydrogens is 294 g/mol. The molecule has 1 aromatic heterocycles. The molecule has 0 radical (unpaired) electrons. The van der Waals surface area contributed by atoms with E-state index in [9.17, 15) is 26.3 Å². The Balaban J connectivity index is 3.54. The second kappa shape index (κ2) is 5.44. The first-order valence-corrected chi connectivity index (χ1v) is 4.86. The third-order valence-electron chi connectivity index (χ3n) is 2.06. The molecule has 0 unspecified atom stereocenters. The minimum atomic E-state index is -5.32. The molecule has 0 aliphatic heterocycles. The lowest BCUT2D eigenvalue weighted by molar-refractivity contribution is -0.276. The van der Waals surface area contributed by atoms with Crippen LogP contribution in [0.1, 0.15) is 11.1 Å². The molecule has 1 aromatic rings. The first kappa shape index (κ1) is 15.9. The van der Waals surface area contributed by atoms with E-state index in [0.29, 0.717) is 0 Å². The summed E-state index contributed by atoms with van der Waals surface area (Å²) in [5, 5.41) is 8.49. The van der Waals surface area contributed by atoms with Crippen molar-refractivity contribution in [1.29, 1.82) is 5.26 Å². The summed E-state index contributed by atoms with van der Waals surface area (Å²) in [4.78, 5) is 3.28. The summed E-state index contributed by atoms with van der Waals surface area (Å²) in [5.41, 5.74) is -2.55. The van der Waals surface area contributed by atoms with Crippen LogP contribution in [0, 0.1) is 11.3 Å². The highest BCUT2D eigenvalue weighted by Crippen LogP contribution is 2.42. The second-order valence-electron chi connectivity index (χ2n) is 3.37. The maximum Gasteiger partial charge on any atom is 0.573 e. The smallest absolute Gasteiger partial charge is 0.481 e. The summed E-state index contributed by atoms with van der Waals surface area (Å²) in [6.07, 6.45) is -11.1. The van der Waals surface area contributed by atoms with Crippen molar-refractivity contribution in [2.45, 2.75) is 19.0 Å². The first-order valence-electron chi connectivity index (χ1n) is 4.86. The van der Waals surface area contributed by atoms with E-state index in [1.807, 2.05) is 0 Å². The summed E-state index contributed by atoms with van der Waals surface area (Å²) >= 11 is 0. The Morgan fingerprint density at radius 2 is 1.85 bits per heavy atom. The van der Waals surface area contributed by atoms with Crippen LogP contribution >= 0.6 is 0 Å². The van der Waals surface area contributed by atoms with E-state index in [4.69, 9.17) is 5.26 Å². The van der Waals surface area contributed by atoms with Crippen molar-refractivity contribution in [2.75, 3.05) is 7.11 Å². The van der Waals surface area contributed by atoms with Crippen molar-refractivity contribution >= 4 is 0 Å². The molecule has 0 amide bonds. The number of methoxy groups -OCH3 is 1. The van der Waals surface area contributed by atoms with Crippen LogP contribution in [0.25, 0.3) is 0 Å². The average Bonchev–Trinajstić information content (AvgIpc) is 2.25. The fraction of sp³-hybridized carbons (Fsp3) is 0.400. The number of pyridine rings is 1. The number of rotatable bonds is 3.